The van der Waals surface area contributed by atoms with E-state index in [0.717, 1.165) is 16.8 Å². The number of hydrogen-bond donors (Lipinski definition) is 0. The van der Waals surface area contributed by atoms with E-state index in [4.69, 9.17) is 0 Å². The van der Waals surface area contributed by atoms with Gasteiger partial charge in [-0.15, -0.1) is 6.58 Å². The first-order chi connectivity index (χ1) is 10.1. The normalized spacial score (nSPS) is 20.5. The lowest BCUT2D eigenvalue weighted by Crippen LogP contribution is -2.39. The van der Waals surface area contributed by atoms with Crippen LogP contribution < -0.4 is 4.90 Å². The van der Waals surface area contributed by atoms with Crippen LogP contribution in [-0.2, 0) is 10.2 Å². The maximum Gasteiger partial charge on any atom is 0.242 e. The highest BCUT2D eigenvalue weighted by molar-refractivity contribution is 6.10. The maximum atomic E-state index is 13.0. The fourth-order valence-corrected chi connectivity index (χ4v) is 3.29. The van der Waals surface area contributed by atoms with Gasteiger partial charge in [-0.05, 0) is 30.5 Å². The average Bonchev–Trinajstić information content (AvgIpc) is 2.72. The Hall–Kier alpha value is -2.35. The zero-order chi connectivity index (χ0) is 15.0. The highest BCUT2D eigenvalue weighted by Gasteiger charge is 2.49. The van der Waals surface area contributed by atoms with Gasteiger partial charge in [0.2, 0.25) is 5.91 Å². The van der Waals surface area contributed by atoms with Crippen LogP contribution in [-0.4, -0.2) is 13.0 Å². The van der Waals surface area contributed by atoms with Crippen molar-refractivity contribution < 1.29 is 4.79 Å². The molecule has 0 fully saturated rings. The van der Waals surface area contributed by atoms with Crippen molar-refractivity contribution in [3.05, 3.63) is 77.9 Å². The van der Waals surface area contributed by atoms with Crippen LogP contribution in [0.2, 0.25) is 0 Å². The molecule has 0 aromatic heterocycles. The summed E-state index contributed by atoms with van der Waals surface area (Å²) < 4.78 is 0. The second kappa shape index (κ2) is 4.88. The van der Waals surface area contributed by atoms with Crippen molar-refractivity contribution in [2.24, 2.45) is 0 Å². The molecule has 21 heavy (non-hydrogen) atoms. The first-order valence-corrected chi connectivity index (χ1v) is 7.17. The Morgan fingerprint density at radius 2 is 1.81 bits per heavy atom. The SMILES string of the molecule is C=CC[C@]1(c2ccc(C)cc2)C(=O)N(C)c2ccccc21. The maximum absolute atomic E-state index is 13.0. The lowest BCUT2D eigenvalue weighted by molar-refractivity contribution is -0.121. The summed E-state index contributed by atoms with van der Waals surface area (Å²) in [6.07, 6.45) is 2.45. The minimum absolute atomic E-state index is 0.118. The monoisotopic (exact) mass is 277 g/mol. The largest absolute Gasteiger partial charge is 0.314 e. The summed E-state index contributed by atoms with van der Waals surface area (Å²) in [5.74, 6) is 0.118. The lowest BCUT2D eigenvalue weighted by atomic mass is 9.73. The van der Waals surface area contributed by atoms with Crippen LogP contribution in [0.3, 0.4) is 0 Å². The number of amides is 1. The molecule has 2 aromatic rings. The number of carbonyl (C=O) groups is 1. The molecule has 2 nitrogen and oxygen atoms in total. The van der Waals surface area contributed by atoms with E-state index in [9.17, 15) is 4.79 Å². The van der Waals surface area contributed by atoms with Gasteiger partial charge in [-0.2, -0.15) is 0 Å². The van der Waals surface area contributed by atoms with Crippen molar-refractivity contribution in [2.45, 2.75) is 18.8 Å². The molecule has 2 aromatic carbocycles. The Morgan fingerprint density at radius 3 is 2.48 bits per heavy atom. The molecule has 0 radical (unpaired) electrons. The van der Waals surface area contributed by atoms with Crippen LogP contribution in [0.1, 0.15) is 23.1 Å². The number of carbonyl (C=O) groups excluding carboxylic acids is 1. The number of anilines is 1. The standard InChI is InChI=1S/C19H19NO/c1-4-13-19(15-11-9-14(2)10-12-15)16-7-5-6-8-17(16)20(3)18(19)21/h4-12H,1,13H2,2-3H3/t19-/m1/s1. The fraction of sp³-hybridized carbons (Fsp3) is 0.211. The third-order valence-electron chi connectivity index (χ3n) is 4.39. The molecule has 0 bridgehead atoms. The van der Waals surface area contributed by atoms with Crippen molar-refractivity contribution in [1.82, 2.24) is 0 Å². The molecular weight excluding hydrogens is 258 g/mol. The fourth-order valence-electron chi connectivity index (χ4n) is 3.29. The molecule has 106 valence electrons. The summed E-state index contributed by atoms with van der Waals surface area (Å²) >= 11 is 0. The van der Waals surface area contributed by atoms with Gasteiger partial charge in [0.05, 0.1) is 0 Å². The Balaban J connectivity index is 2.29. The van der Waals surface area contributed by atoms with Crippen LogP contribution in [0.5, 0.6) is 0 Å². The molecule has 1 aliphatic rings. The average molecular weight is 277 g/mol. The summed E-state index contributed by atoms with van der Waals surface area (Å²) in [5.41, 5.74) is 3.65. The number of likely N-dealkylation sites (N-methyl/N-ethyl adjacent to an activating group) is 1. The van der Waals surface area contributed by atoms with E-state index in [1.165, 1.54) is 5.56 Å². The topological polar surface area (TPSA) is 20.3 Å². The van der Waals surface area contributed by atoms with Crippen molar-refractivity contribution in [3.8, 4) is 0 Å². The number of benzene rings is 2. The van der Waals surface area contributed by atoms with E-state index in [1.54, 1.807) is 4.90 Å². The van der Waals surface area contributed by atoms with Gasteiger partial charge in [0, 0.05) is 12.7 Å². The second-order valence-corrected chi connectivity index (χ2v) is 5.65. The van der Waals surface area contributed by atoms with E-state index in [-0.39, 0.29) is 5.91 Å². The molecule has 2 heteroatoms. The second-order valence-electron chi connectivity index (χ2n) is 5.65. The first kappa shape index (κ1) is 13.6. The summed E-state index contributed by atoms with van der Waals surface area (Å²) in [5, 5.41) is 0. The molecule has 0 saturated heterocycles. The summed E-state index contributed by atoms with van der Waals surface area (Å²) in [4.78, 5) is 14.8. The van der Waals surface area contributed by atoms with Crippen LogP contribution in [0.15, 0.2) is 61.2 Å². The van der Waals surface area contributed by atoms with Crippen LogP contribution in [0.4, 0.5) is 5.69 Å². The minimum Gasteiger partial charge on any atom is -0.314 e. The number of aryl methyl sites for hydroxylation is 1. The van der Waals surface area contributed by atoms with Gasteiger partial charge >= 0.3 is 0 Å². The predicted octanol–water partition coefficient (Wildman–Crippen LogP) is 3.83. The van der Waals surface area contributed by atoms with Crippen molar-refractivity contribution in [2.75, 3.05) is 11.9 Å². The van der Waals surface area contributed by atoms with Gasteiger partial charge in [-0.3, -0.25) is 4.79 Å². The number of hydrogen-bond acceptors (Lipinski definition) is 1. The Kier molecular flexibility index (Phi) is 3.17. The molecule has 0 saturated carbocycles. The van der Waals surface area contributed by atoms with Gasteiger partial charge in [0.15, 0.2) is 0 Å². The third-order valence-corrected chi connectivity index (χ3v) is 4.39. The highest BCUT2D eigenvalue weighted by Crippen LogP contribution is 2.47. The molecule has 0 unspecified atom stereocenters. The molecule has 1 atom stereocenters. The molecule has 1 heterocycles. The van der Waals surface area contributed by atoms with Gasteiger partial charge in [-0.1, -0.05) is 54.1 Å². The zero-order valence-corrected chi connectivity index (χ0v) is 12.5. The molecule has 1 aliphatic heterocycles. The van der Waals surface area contributed by atoms with E-state index < -0.39 is 5.41 Å². The molecule has 0 spiro atoms. The zero-order valence-electron chi connectivity index (χ0n) is 12.5. The summed E-state index contributed by atoms with van der Waals surface area (Å²) in [6.45, 7) is 5.93. The predicted molar refractivity (Wildman–Crippen MR) is 86.6 cm³/mol. The van der Waals surface area contributed by atoms with Gasteiger partial charge in [0.1, 0.15) is 5.41 Å². The van der Waals surface area contributed by atoms with Crippen molar-refractivity contribution >= 4 is 11.6 Å². The van der Waals surface area contributed by atoms with E-state index >= 15 is 0 Å². The lowest BCUT2D eigenvalue weighted by Gasteiger charge is -2.28. The Morgan fingerprint density at radius 1 is 1.14 bits per heavy atom. The smallest absolute Gasteiger partial charge is 0.242 e. The number of allylic oxidation sites excluding steroid dienone is 1. The van der Waals surface area contributed by atoms with E-state index in [2.05, 4.69) is 43.8 Å². The molecule has 3 rings (SSSR count). The number of rotatable bonds is 3. The number of para-hydroxylation sites is 1. The Labute approximate surface area is 125 Å². The summed E-state index contributed by atoms with van der Waals surface area (Å²) in [6, 6.07) is 16.3. The minimum atomic E-state index is -0.638. The third kappa shape index (κ3) is 1.83. The van der Waals surface area contributed by atoms with Gasteiger partial charge in [0.25, 0.3) is 0 Å². The molecule has 1 amide bonds. The van der Waals surface area contributed by atoms with Gasteiger partial charge < -0.3 is 4.90 Å². The summed E-state index contributed by atoms with van der Waals surface area (Å²) in [7, 11) is 1.85. The van der Waals surface area contributed by atoms with E-state index in [1.807, 2.05) is 31.3 Å². The molecule has 0 aliphatic carbocycles. The first-order valence-electron chi connectivity index (χ1n) is 7.17. The van der Waals surface area contributed by atoms with Gasteiger partial charge in [-0.25, -0.2) is 0 Å². The number of nitrogens with zero attached hydrogens (tertiary/aromatic N) is 1. The van der Waals surface area contributed by atoms with Crippen LogP contribution >= 0.6 is 0 Å². The molecular formula is C19H19NO. The highest BCUT2D eigenvalue weighted by atomic mass is 16.2. The van der Waals surface area contributed by atoms with E-state index in [0.29, 0.717) is 6.42 Å². The van der Waals surface area contributed by atoms with Crippen LogP contribution in [0, 0.1) is 6.92 Å². The Bertz CT molecular complexity index is 702. The number of fused-ring (bicyclic) bond motifs is 1. The van der Waals surface area contributed by atoms with Crippen molar-refractivity contribution in [1.29, 1.82) is 0 Å². The quantitative estimate of drug-likeness (QED) is 0.781. The molecule has 0 N–H and O–H groups in total. The van der Waals surface area contributed by atoms with Crippen LogP contribution in [0.25, 0.3) is 0 Å². The van der Waals surface area contributed by atoms with Crippen molar-refractivity contribution in [3.63, 3.8) is 0 Å².